The Balaban J connectivity index is 1.64. The van der Waals surface area contributed by atoms with Gasteiger partial charge in [0.05, 0.1) is 27.9 Å². The number of anilines is 1. The van der Waals surface area contributed by atoms with Crippen molar-refractivity contribution < 1.29 is 14.3 Å². The van der Waals surface area contributed by atoms with Crippen LogP contribution in [-0.4, -0.2) is 63.2 Å². The van der Waals surface area contributed by atoms with E-state index >= 15 is 0 Å². The number of imidazole rings is 1. The van der Waals surface area contributed by atoms with E-state index in [0.717, 1.165) is 19.0 Å². The van der Waals surface area contributed by atoms with E-state index in [0.29, 0.717) is 34.3 Å². The first kappa shape index (κ1) is 25.3. The molecule has 0 aliphatic rings. The number of carboxylic acids is 1. The number of carbonyl (C=O) groups is 1. The van der Waals surface area contributed by atoms with Crippen LogP contribution < -0.4 is 15.8 Å². The van der Waals surface area contributed by atoms with Crippen LogP contribution in [0.1, 0.15) is 16.8 Å². The standard InChI is InChI=1S/C26H23ClFN7O3/c1-29-7-3-9-35(2)24-22-19(12-20(27)33-24)31-23(34-22)16-11-15-18(32-25(16)36)6-8-30-21(15)14-5-4-13(26(37)38)10-17(14)28/h4-6,8,10-12,29H,3,7,9H2,1-2H3,(H,31,34)(H,32,36)(H,37,38). The molecule has 194 valence electrons. The smallest absolute Gasteiger partial charge is 0.335 e. The number of aromatic amines is 2. The van der Waals surface area contributed by atoms with E-state index in [9.17, 15) is 14.0 Å². The van der Waals surface area contributed by atoms with Crippen LogP contribution in [0.2, 0.25) is 5.15 Å². The molecule has 4 aromatic heterocycles. The van der Waals surface area contributed by atoms with Gasteiger partial charge in [-0.3, -0.25) is 9.78 Å². The number of pyridine rings is 3. The van der Waals surface area contributed by atoms with Crippen molar-refractivity contribution in [2.75, 3.05) is 32.1 Å². The normalized spacial score (nSPS) is 11.4. The Morgan fingerprint density at radius 2 is 1.95 bits per heavy atom. The summed E-state index contributed by atoms with van der Waals surface area (Å²) in [5.41, 5.74) is 1.58. The van der Waals surface area contributed by atoms with Gasteiger partial charge in [-0.15, -0.1) is 0 Å². The van der Waals surface area contributed by atoms with Gasteiger partial charge in [-0.2, -0.15) is 0 Å². The number of nitrogens with zero attached hydrogens (tertiary/aromatic N) is 4. The molecule has 1 aromatic carbocycles. The van der Waals surface area contributed by atoms with Crippen molar-refractivity contribution in [1.82, 2.24) is 30.2 Å². The van der Waals surface area contributed by atoms with Crippen molar-refractivity contribution in [3.63, 3.8) is 0 Å². The van der Waals surface area contributed by atoms with Gasteiger partial charge in [-0.05, 0) is 50.3 Å². The first-order chi connectivity index (χ1) is 18.3. The molecule has 4 heterocycles. The molecule has 38 heavy (non-hydrogen) atoms. The lowest BCUT2D eigenvalue weighted by Gasteiger charge is -2.18. The minimum atomic E-state index is -1.24. The molecule has 0 saturated heterocycles. The number of aromatic nitrogens is 5. The van der Waals surface area contributed by atoms with Gasteiger partial charge in [0.15, 0.2) is 5.82 Å². The number of rotatable bonds is 8. The monoisotopic (exact) mass is 535 g/mol. The third kappa shape index (κ3) is 4.69. The van der Waals surface area contributed by atoms with E-state index in [-0.39, 0.29) is 33.4 Å². The van der Waals surface area contributed by atoms with E-state index in [4.69, 9.17) is 16.7 Å². The molecule has 0 radical (unpaired) electrons. The molecule has 12 heteroatoms. The summed E-state index contributed by atoms with van der Waals surface area (Å²) in [6, 6.07) is 8.43. The number of hydrogen-bond acceptors (Lipinski definition) is 7. The first-order valence-corrected chi connectivity index (χ1v) is 12.1. The molecule has 4 N–H and O–H groups in total. The fourth-order valence-electron chi connectivity index (χ4n) is 4.32. The van der Waals surface area contributed by atoms with Gasteiger partial charge in [0.25, 0.3) is 5.56 Å². The fourth-order valence-corrected chi connectivity index (χ4v) is 4.51. The second-order valence-corrected chi connectivity index (χ2v) is 9.15. The second-order valence-electron chi connectivity index (χ2n) is 8.76. The van der Waals surface area contributed by atoms with Gasteiger partial charge >= 0.3 is 5.97 Å². The van der Waals surface area contributed by atoms with E-state index in [2.05, 4.69) is 30.2 Å². The number of nitrogens with one attached hydrogen (secondary N) is 3. The highest BCUT2D eigenvalue weighted by Gasteiger charge is 2.19. The number of halogens is 2. The predicted octanol–water partition coefficient (Wildman–Crippen LogP) is 4.06. The third-order valence-corrected chi connectivity index (χ3v) is 6.39. The van der Waals surface area contributed by atoms with Crippen LogP contribution in [0, 0.1) is 5.82 Å². The molecule has 0 fully saturated rings. The molecule has 0 unspecified atom stereocenters. The molecule has 0 aliphatic carbocycles. The number of aromatic carboxylic acids is 1. The first-order valence-electron chi connectivity index (χ1n) is 11.7. The SMILES string of the molecule is CNCCCN(C)c1nc(Cl)cc2[nH]c(-c3cc4c(-c5ccc(C(=O)O)cc5F)nccc4[nH]c3=O)nc12. The minimum Gasteiger partial charge on any atom is -0.478 e. The Labute approximate surface area is 220 Å². The Morgan fingerprint density at radius 1 is 1.13 bits per heavy atom. The Hall–Kier alpha value is -4.35. The topological polar surface area (TPSA) is 140 Å². The zero-order chi connectivity index (χ0) is 27.0. The Bertz CT molecular complexity index is 1750. The molecule has 0 atom stereocenters. The van der Waals surface area contributed by atoms with Crippen molar-refractivity contribution in [1.29, 1.82) is 0 Å². The van der Waals surface area contributed by atoms with Crippen LogP contribution >= 0.6 is 11.6 Å². The van der Waals surface area contributed by atoms with Gasteiger partial charge < -0.3 is 25.3 Å². The van der Waals surface area contributed by atoms with Gasteiger partial charge in [-0.25, -0.2) is 19.2 Å². The summed E-state index contributed by atoms with van der Waals surface area (Å²) in [6.07, 6.45) is 2.33. The quantitative estimate of drug-likeness (QED) is 0.172. The lowest BCUT2D eigenvalue weighted by molar-refractivity contribution is 0.0696. The van der Waals surface area contributed by atoms with Crippen LogP contribution in [0.3, 0.4) is 0 Å². The molecule has 10 nitrogen and oxygen atoms in total. The van der Waals surface area contributed by atoms with Crippen molar-refractivity contribution in [2.24, 2.45) is 0 Å². The van der Waals surface area contributed by atoms with E-state index in [1.54, 1.807) is 18.2 Å². The molecule has 0 amide bonds. The molecular formula is C26H23ClFN7O3. The van der Waals surface area contributed by atoms with Crippen LogP contribution in [-0.2, 0) is 0 Å². The third-order valence-electron chi connectivity index (χ3n) is 6.20. The van der Waals surface area contributed by atoms with Crippen molar-refractivity contribution in [2.45, 2.75) is 6.42 Å². The molecule has 0 saturated carbocycles. The maximum Gasteiger partial charge on any atom is 0.335 e. The summed E-state index contributed by atoms with van der Waals surface area (Å²) >= 11 is 6.28. The number of H-pyrrole nitrogens is 2. The highest BCUT2D eigenvalue weighted by molar-refractivity contribution is 6.30. The lowest BCUT2D eigenvalue weighted by atomic mass is 10.0. The summed E-state index contributed by atoms with van der Waals surface area (Å²) in [5.74, 6) is -1.12. The maximum absolute atomic E-state index is 14.9. The van der Waals surface area contributed by atoms with Gasteiger partial charge in [-0.1, -0.05) is 11.6 Å². The lowest BCUT2D eigenvalue weighted by Crippen LogP contribution is -2.23. The van der Waals surface area contributed by atoms with Crippen LogP contribution in [0.5, 0.6) is 0 Å². The highest BCUT2D eigenvalue weighted by Crippen LogP contribution is 2.32. The van der Waals surface area contributed by atoms with E-state index in [1.807, 2.05) is 19.0 Å². The van der Waals surface area contributed by atoms with Gasteiger partial charge in [0.2, 0.25) is 0 Å². The van der Waals surface area contributed by atoms with Crippen LogP contribution in [0.15, 0.2) is 47.4 Å². The predicted molar refractivity (Wildman–Crippen MR) is 144 cm³/mol. The number of carboxylic acid groups (broad SMARTS) is 1. The van der Waals surface area contributed by atoms with Gasteiger partial charge in [0, 0.05) is 36.8 Å². The Kier molecular flexibility index (Phi) is 6.79. The summed E-state index contributed by atoms with van der Waals surface area (Å²) in [6.45, 7) is 1.55. The Morgan fingerprint density at radius 3 is 2.68 bits per heavy atom. The van der Waals surface area contributed by atoms with Crippen molar-refractivity contribution >= 4 is 45.3 Å². The number of benzene rings is 1. The molecule has 0 bridgehead atoms. The van der Waals surface area contributed by atoms with E-state index < -0.39 is 17.3 Å². The van der Waals surface area contributed by atoms with E-state index in [1.165, 1.54) is 18.3 Å². The van der Waals surface area contributed by atoms with Crippen molar-refractivity contribution in [3.8, 4) is 22.6 Å². The molecule has 0 aliphatic heterocycles. The average Bonchev–Trinajstić information content (AvgIpc) is 3.31. The summed E-state index contributed by atoms with van der Waals surface area (Å²) in [4.78, 5) is 45.7. The zero-order valence-corrected chi connectivity index (χ0v) is 21.2. The number of hydrogen-bond donors (Lipinski definition) is 4. The summed E-state index contributed by atoms with van der Waals surface area (Å²) in [7, 11) is 3.78. The summed E-state index contributed by atoms with van der Waals surface area (Å²) in [5, 5.41) is 13.0. The second kappa shape index (κ2) is 10.2. The maximum atomic E-state index is 14.9. The van der Waals surface area contributed by atoms with Crippen LogP contribution in [0.25, 0.3) is 44.6 Å². The molecule has 5 rings (SSSR count). The van der Waals surface area contributed by atoms with Gasteiger partial charge in [0.1, 0.15) is 22.3 Å². The van der Waals surface area contributed by atoms with Crippen LogP contribution in [0.4, 0.5) is 10.2 Å². The minimum absolute atomic E-state index is 0.102. The average molecular weight is 536 g/mol. The summed E-state index contributed by atoms with van der Waals surface area (Å²) < 4.78 is 14.9. The largest absolute Gasteiger partial charge is 0.478 e. The molecule has 0 spiro atoms. The molecular weight excluding hydrogens is 513 g/mol. The highest BCUT2D eigenvalue weighted by atomic mass is 35.5. The fraction of sp³-hybridized carbons (Fsp3) is 0.192. The number of fused-ring (bicyclic) bond motifs is 2. The van der Waals surface area contributed by atoms with Crippen molar-refractivity contribution in [3.05, 3.63) is 69.5 Å². The molecule has 5 aromatic rings. The zero-order valence-electron chi connectivity index (χ0n) is 20.5.